The van der Waals surface area contributed by atoms with Gasteiger partial charge in [0, 0.05) is 6.04 Å². The average molecular weight is 253 g/mol. The first-order chi connectivity index (χ1) is 8.78. The van der Waals surface area contributed by atoms with Crippen LogP contribution < -0.4 is 14.8 Å². The predicted molar refractivity (Wildman–Crippen MR) is 69.1 cm³/mol. The molecule has 1 saturated heterocycles. The monoisotopic (exact) mass is 253 g/mol. The Morgan fingerprint density at radius 1 is 1.33 bits per heavy atom. The Hall–Kier alpha value is -1.29. The summed E-state index contributed by atoms with van der Waals surface area (Å²) in [6.07, 6.45) is 3.21. The Labute approximate surface area is 107 Å². The van der Waals surface area contributed by atoms with Gasteiger partial charge in [-0.25, -0.2) is 4.39 Å². The molecule has 1 aliphatic heterocycles. The van der Waals surface area contributed by atoms with Crippen LogP contribution in [0.25, 0.3) is 0 Å². The van der Waals surface area contributed by atoms with Crippen LogP contribution in [0.3, 0.4) is 0 Å². The third-order valence-electron chi connectivity index (χ3n) is 3.40. The maximum absolute atomic E-state index is 12.9. The van der Waals surface area contributed by atoms with E-state index < -0.39 is 6.67 Å². The van der Waals surface area contributed by atoms with Gasteiger partial charge in [0.1, 0.15) is 6.67 Å². The van der Waals surface area contributed by atoms with Gasteiger partial charge in [-0.2, -0.15) is 0 Å². The number of hydrogen-bond acceptors (Lipinski definition) is 3. The highest BCUT2D eigenvalue weighted by atomic mass is 19.1. The molecule has 3 nitrogen and oxygen atoms in total. The second kappa shape index (κ2) is 6.05. The quantitative estimate of drug-likeness (QED) is 0.874. The van der Waals surface area contributed by atoms with E-state index >= 15 is 0 Å². The van der Waals surface area contributed by atoms with Crippen LogP contribution in [0.1, 0.15) is 24.0 Å². The van der Waals surface area contributed by atoms with E-state index in [2.05, 4.69) is 5.32 Å². The van der Waals surface area contributed by atoms with Gasteiger partial charge in [0.2, 0.25) is 0 Å². The van der Waals surface area contributed by atoms with Crippen LogP contribution in [-0.2, 0) is 13.1 Å². The summed E-state index contributed by atoms with van der Waals surface area (Å²) < 4.78 is 23.5. The largest absolute Gasteiger partial charge is 0.493 e. The fourth-order valence-electron chi connectivity index (χ4n) is 2.53. The molecular formula is C14H20FNO2. The van der Waals surface area contributed by atoms with Crippen LogP contribution in [0, 0.1) is 0 Å². The average Bonchev–Trinajstić information content (AvgIpc) is 2.90. The number of ether oxygens (including phenoxy) is 2. The van der Waals surface area contributed by atoms with E-state index in [0.29, 0.717) is 17.4 Å². The molecule has 0 amide bonds. The molecule has 0 aliphatic carbocycles. The summed E-state index contributed by atoms with van der Waals surface area (Å²) in [5, 5.41) is 3.44. The second-order valence-electron chi connectivity index (χ2n) is 4.62. The molecule has 0 aromatic heterocycles. The smallest absolute Gasteiger partial charge is 0.163 e. The van der Waals surface area contributed by atoms with Crippen LogP contribution in [0.4, 0.5) is 4.39 Å². The maximum Gasteiger partial charge on any atom is 0.163 e. The van der Waals surface area contributed by atoms with Crippen molar-refractivity contribution >= 4 is 0 Å². The first kappa shape index (κ1) is 13.1. The zero-order chi connectivity index (χ0) is 13.0. The molecule has 1 N–H and O–H groups in total. The van der Waals surface area contributed by atoms with Crippen LogP contribution in [0.5, 0.6) is 11.5 Å². The van der Waals surface area contributed by atoms with Gasteiger partial charge in [0.05, 0.1) is 14.2 Å². The van der Waals surface area contributed by atoms with Gasteiger partial charge < -0.3 is 14.8 Å². The fraction of sp³-hybridized carbons (Fsp3) is 0.571. The Bertz CT molecular complexity index is 403. The van der Waals surface area contributed by atoms with E-state index in [1.807, 2.05) is 6.07 Å². The van der Waals surface area contributed by atoms with Crippen molar-refractivity contribution in [3.8, 4) is 11.5 Å². The lowest BCUT2D eigenvalue weighted by molar-refractivity contribution is 0.349. The number of benzene rings is 1. The predicted octanol–water partition coefficient (Wildman–Crippen LogP) is 2.47. The molecule has 0 bridgehead atoms. The number of methoxy groups -OCH3 is 2. The molecule has 0 saturated carbocycles. The highest BCUT2D eigenvalue weighted by Gasteiger charge is 2.19. The van der Waals surface area contributed by atoms with Gasteiger partial charge >= 0.3 is 0 Å². The molecule has 0 radical (unpaired) electrons. The minimum atomic E-state index is -0.481. The Kier molecular flexibility index (Phi) is 4.42. The van der Waals surface area contributed by atoms with Gasteiger partial charge in [0.15, 0.2) is 11.5 Å². The zero-order valence-corrected chi connectivity index (χ0v) is 11.0. The summed E-state index contributed by atoms with van der Waals surface area (Å²) in [4.78, 5) is 0. The van der Waals surface area contributed by atoms with Crippen molar-refractivity contribution in [3.05, 3.63) is 23.3 Å². The molecule has 0 spiro atoms. The molecule has 4 heteroatoms. The molecule has 1 unspecified atom stereocenters. The summed E-state index contributed by atoms with van der Waals surface area (Å²) in [6.45, 7) is 0.582. The Balaban J connectivity index is 2.29. The number of halogens is 1. The highest BCUT2D eigenvalue weighted by Crippen LogP contribution is 2.34. The van der Waals surface area contributed by atoms with Crippen LogP contribution in [0.2, 0.25) is 0 Å². The summed E-state index contributed by atoms with van der Waals surface area (Å²) in [5.74, 6) is 1.34. The van der Waals surface area contributed by atoms with E-state index in [9.17, 15) is 4.39 Å². The lowest BCUT2D eigenvalue weighted by atomic mass is 10.0. The Morgan fingerprint density at radius 2 is 2.17 bits per heavy atom. The van der Waals surface area contributed by atoms with Gasteiger partial charge in [-0.15, -0.1) is 0 Å². The third-order valence-corrected chi connectivity index (χ3v) is 3.40. The van der Waals surface area contributed by atoms with Crippen LogP contribution in [-0.4, -0.2) is 26.8 Å². The summed E-state index contributed by atoms with van der Waals surface area (Å²) in [5.41, 5.74) is 1.66. The number of rotatable bonds is 5. The van der Waals surface area contributed by atoms with Gasteiger partial charge in [-0.3, -0.25) is 0 Å². The summed E-state index contributed by atoms with van der Waals surface area (Å²) in [6, 6.07) is 4.03. The van der Waals surface area contributed by atoms with Crippen LogP contribution in [0.15, 0.2) is 12.1 Å². The normalized spacial score (nSPS) is 18.9. The van der Waals surface area contributed by atoms with E-state index in [4.69, 9.17) is 9.47 Å². The minimum Gasteiger partial charge on any atom is -0.493 e. The molecule has 1 atom stereocenters. The molecular weight excluding hydrogens is 233 g/mol. The van der Waals surface area contributed by atoms with Crippen molar-refractivity contribution in [1.29, 1.82) is 0 Å². The van der Waals surface area contributed by atoms with Crippen molar-refractivity contribution in [2.75, 3.05) is 20.8 Å². The standard InChI is InChI=1S/C14H20FNO2/c1-17-13-7-10(9-15)6-11(14(13)18-2)8-12-4-3-5-16-12/h6-7,12,16H,3-5,8-9H2,1-2H3. The number of hydrogen-bond donors (Lipinski definition) is 1. The Morgan fingerprint density at radius 3 is 2.72 bits per heavy atom. The van der Waals surface area contributed by atoms with E-state index in [-0.39, 0.29) is 0 Å². The van der Waals surface area contributed by atoms with Crippen molar-refractivity contribution in [1.82, 2.24) is 5.32 Å². The first-order valence-electron chi connectivity index (χ1n) is 6.31. The molecule has 1 aromatic carbocycles. The number of alkyl halides is 1. The maximum atomic E-state index is 12.9. The zero-order valence-electron chi connectivity index (χ0n) is 11.0. The van der Waals surface area contributed by atoms with E-state index in [0.717, 1.165) is 30.7 Å². The topological polar surface area (TPSA) is 30.5 Å². The third kappa shape index (κ3) is 2.75. The van der Waals surface area contributed by atoms with E-state index in [1.165, 1.54) is 6.42 Å². The molecule has 18 heavy (non-hydrogen) atoms. The lowest BCUT2D eigenvalue weighted by Crippen LogP contribution is -2.24. The SMILES string of the molecule is COc1cc(CF)cc(CC2CCCN2)c1OC. The summed E-state index contributed by atoms with van der Waals surface area (Å²) in [7, 11) is 3.20. The second-order valence-corrected chi connectivity index (χ2v) is 4.62. The first-order valence-corrected chi connectivity index (χ1v) is 6.31. The molecule has 1 aliphatic rings. The number of nitrogens with one attached hydrogen (secondary N) is 1. The molecule has 2 rings (SSSR count). The lowest BCUT2D eigenvalue weighted by Gasteiger charge is -2.17. The minimum absolute atomic E-state index is 0.457. The van der Waals surface area contributed by atoms with Crippen molar-refractivity contribution in [3.63, 3.8) is 0 Å². The highest BCUT2D eigenvalue weighted by molar-refractivity contribution is 5.49. The van der Waals surface area contributed by atoms with Crippen molar-refractivity contribution < 1.29 is 13.9 Å². The van der Waals surface area contributed by atoms with Gasteiger partial charge in [0.25, 0.3) is 0 Å². The molecule has 100 valence electrons. The molecule has 1 heterocycles. The van der Waals surface area contributed by atoms with Crippen molar-refractivity contribution in [2.45, 2.75) is 32.0 Å². The van der Waals surface area contributed by atoms with Gasteiger partial charge in [-0.05, 0) is 49.1 Å². The van der Waals surface area contributed by atoms with Crippen molar-refractivity contribution in [2.24, 2.45) is 0 Å². The van der Waals surface area contributed by atoms with E-state index in [1.54, 1.807) is 20.3 Å². The fourth-order valence-corrected chi connectivity index (χ4v) is 2.53. The van der Waals surface area contributed by atoms with Crippen LogP contribution >= 0.6 is 0 Å². The molecule has 1 aromatic rings. The molecule has 1 fully saturated rings. The summed E-state index contributed by atoms with van der Waals surface area (Å²) >= 11 is 0. The van der Waals surface area contributed by atoms with Gasteiger partial charge in [-0.1, -0.05) is 0 Å².